The van der Waals surface area contributed by atoms with Gasteiger partial charge in [-0.05, 0) is 41.4 Å². The Morgan fingerprint density at radius 3 is 2.60 bits per heavy atom. The number of carbonyl (C=O) groups excluding carboxylic acids is 1. The summed E-state index contributed by atoms with van der Waals surface area (Å²) in [4.78, 5) is 36.2. The minimum absolute atomic E-state index is 0.0835. The van der Waals surface area contributed by atoms with E-state index in [0.717, 1.165) is 16.4 Å². The van der Waals surface area contributed by atoms with Crippen LogP contribution < -0.4 is 19.3 Å². The zero-order valence-corrected chi connectivity index (χ0v) is 22.0. The molecule has 2 aliphatic heterocycles. The van der Waals surface area contributed by atoms with Gasteiger partial charge in [-0.3, -0.25) is 19.1 Å². The van der Waals surface area contributed by atoms with E-state index in [1.807, 2.05) is 96.8 Å². The van der Waals surface area contributed by atoms with Gasteiger partial charge < -0.3 is 4.90 Å². The Bertz CT molecular complexity index is 1560. The molecule has 0 spiro atoms. The predicted molar refractivity (Wildman–Crippen MR) is 144 cm³/mol. The SMILES string of the molecule is CCn1c(=O)/c(=C2\C=CC=CN2C)s/c1=C1\S/C(=N\c2scc[n+]2C)N(Cc2ccccc2)C1=O. The number of thioether (sulfide) groups is 1. The highest BCUT2D eigenvalue weighted by atomic mass is 32.2. The number of carbonyl (C=O) groups is 1. The molecule has 5 rings (SSSR count). The average Bonchev–Trinajstić information content (AvgIpc) is 3.51. The highest BCUT2D eigenvalue weighted by Crippen LogP contribution is 2.34. The zero-order chi connectivity index (χ0) is 24.5. The van der Waals surface area contributed by atoms with Crippen molar-refractivity contribution in [2.45, 2.75) is 20.0 Å². The zero-order valence-electron chi connectivity index (χ0n) is 19.5. The molecule has 0 saturated carbocycles. The van der Waals surface area contributed by atoms with E-state index in [0.29, 0.717) is 32.4 Å². The summed E-state index contributed by atoms with van der Waals surface area (Å²) in [6.45, 7) is 2.81. The molecule has 0 unspecified atom stereocenters. The third-order valence-electron chi connectivity index (χ3n) is 5.68. The fourth-order valence-corrected chi connectivity index (χ4v) is 7.04. The molecule has 10 heteroatoms. The van der Waals surface area contributed by atoms with Gasteiger partial charge in [-0.25, -0.2) is 4.57 Å². The quantitative estimate of drug-likeness (QED) is 0.494. The van der Waals surface area contributed by atoms with Crippen molar-refractivity contribution in [1.82, 2.24) is 14.4 Å². The maximum atomic E-state index is 13.8. The van der Waals surface area contributed by atoms with Crippen molar-refractivity contribution in [1.29, 1.82) is 0 Å². The van der Waals surface area contributed by atoms with Crippen molar-refractivity contribution in [2.24, 2.45) is 12.0 Å². The molecule has 4 heterocycles. The lowest BCUT2D eigenvalue weighted by molar-refractivity contribution is -0.653. The number of rotatable bonds is 4. The van der Waals surface area contributed by atoms with E-state index in [1.165, 1.54) is 34.4 Å². The van der Waals surface area contributed by atoms with Gasteiger partial charge in [0.1, 0.15) is 20.3 Å². The molecule has 7 nitrogen and oxygen atoms in total. The number of amidine groups is 1. The van der Waals surface area contributed by atoms with E-state index in [1.54, 1.807) is 9.47 Å². The van der Waals surface area contributed by atoms with Crippen molar-refractivity contribution in [3.05, 3.63) is 91.4 Å². The van der Waals surface area contributed by atoms with Crippen LogP contribution in [0.3, 0.4) is 0 Å². The first-order valence-electron chi connectivity index (χ1n) is 11.1. The van der Waals surface area contributed by atoms with Crippen LogP contribution in [0.25, 0.3) is 10.6 Å². The maximum absolute atomic E-state index is 13.8. The van der Waals surface area contributed by atoms with E-state index in [-0.39, 0.29) is 11.5 Å². The third kappa shape index (κ3) is 4.44. The summed E-state index contributed by atoms with van der Waals surface area (Å²) in [5.74, 6) is -0.135. The van der Waals surface area contributed by atoms with Gasteiger partial charge in [-0.15, -0.1) is 11.3 Å². The molecule has 0 aliphatic carbocycles. The van der Waals surface area contributed by atoms with Gasteiger partial charge in [-0.2, -0.15) is 0 Å². The Hall–Kier alpha value is -3.21. The smallest absolute Gasteiger partial charge is 0.350 e. The predicted octanol–water partition coefficient (Wildman–Crippen LogP) is 2.51. The Morgan fingerprint density at radius 2 is 1.91 bits per heavy atom. The molecule has 3 aromatic rings. The molecule has 1 fully saturated rings. The summed E-state index contributed by atoms with van der Waals surface area (Å²) < 4.78 is 4.92. The lowest BCUT2D eigenvalue weighted by Crippen LogP contribution is -2.35. The number of benzene rings is 1. The largest absolute Gasteiger partial charge is 0.384 e. The van der Waals surface area contributed by atoms with Crippen molar-refractivity contribution in [2.75, 3.05) is 7.05 Å². The molecule has 1 saturated heterocycles. The van der Waals surface area contributed by atoms with Crippen molar-refractivity contribution >= 4 is 61.2 Å². The van der Waals surface area contributed by atoms with Gasteiger partial charge in [-0.1, -0.05) is 47.7 Å². The van der Waals surface area contributed by atoms with Crippen LogP contribution in [-0.2, 0) is 24.9 Å². The second-order valence-corrected chi connectivity index (χ2v) is 10.8. The minimum Gasteiger partial charge on any atom is -0.350 e. The number of thiazole rings is 2. The van der Waals surface area contributed by atoms with E-state index >= 15 is 0 Å². The molecule has 2 aromatic heterocycles. The fourth-order valence-electron chi connectivity index (χ4n) is 3.83. The number of amides is 1. The number of allylic oxidation sites excluding steroid dienone is 2. The van der Waals surface area contributed by atoms with Gasteiger partial charge >= 0.3 is 5.13 Å². The van der Waals surface area contributed by atoms with Crippen LogP contribution in [0.2, 0.25) is 0 Å². The molecule has 1 amide bonds. The molecule has 0 atom stereocenters. The van der Waals surface area contributed by atoms with Gasteiger partial charge in [0, 0.05) is 25.2 Å². The van der Waals surface area contributed by atoms with Crippen LogP contribution in [0, 0.1) is 0 Å². The first-order valence-corrected chi connectivity index (χ1v) is 13.6. The van der Waals surface area contributed by atoms with Crippen molar-refractivity contribution in [3.63, 3.8) is 0 Å². The molecule has 0 N–H and O–H groups in total. The Labute approximate surface area is 215 Å². The Morgan fingerprint density at radius 1 is 1.11 bits per heavy atom. The van der Waals surface area contributed by atoms with Crippen LogP contribution in [0.15, 0.2) is 76.1 Å². The molecule has 0 radical (unpaired) electrons. The average molecular weight is 523 g/mol. The van der Waals surface area contributed by atoms with E-state index < -0.39 is 0 Å². The summed E-state index contributed by atoms with van der Waals surface area (Å²) >= 11 is 4.22. The first-order chi connectivity index (χ1) is 17.0. The van der Waals surface area contributed by atoms with Gasteiger partial charge in [0.25, 0.3) is 16.6 Å². The summed E-state index contributed by atoms with van der Waals surface area (Å²) in [7, 11) is 3.85. The Balaban J connectivity index is 1.70. The molecule has 0 bridgehead atoms. The second kappa shape index (κ2) is 9.80. The lowest BCUT2D eigenvalue weighted by Gasteiger charge is -2.16. The summed E-state index contributed by atoms with van der Waals surface area (Å²) in [6, 6.07) is 9.88. The second-order valence-electron chi connectivity index (χ2n) is 7.98. The van der Waals surface area contributed by atoms with Crippen LogP contribution in [0.5, 0.6) is 0 Å². The number of likely N-dealkylation sites (N-methyl/N-ethyl adjacent to an activating group) is 1. The standard InChI is InChI=1S/C25H24N5O2S3/c1-4-29-21(31)19(18-12-8-9-13-27(18)2)34-23(29)20-22(32)30(16-17-10-6-5-7-11-17)25(35-20)26-24-28(3)14-15-33-24/h5-15H,4,16H2,1-3H3/q+1/b19-18-,23-20-. The highest BCUT2D eigenvalue weighted by Gasteiger charge is 2.39. The van der Waals surface area contributed by atoms with Crippen LogP contribution >= 0.6 is 34.4 Å². The summed E-state index contributed by atoms with van der Waals surface area (Å²) in [5.41, 5.74) is 1.76. The molecule has 178 valence electrons. The summed E-state index contributed by atoms with van der Waals surface area (Å²) in [5, 5.41) is 3.38. The lowest BCUT2D eigenvalue weighted by atomic mass is 10.2. The molecule has 35 heavy (non-hydrogen) atoms. The van der Waals surface area contributed by atoms with Crippen molar-refractivity contribution in [3.8, 4) is 0 Å². The normalized spacial score (nSPS) is 20.0. The van der Waals surface area contributed by atoms with Crippen LogP contribution in [0.1, 0.15) is 12.5 Å². The maximum Gasteiger partial charge on any atom is 0.384 e. The van der Waals surface area contributed by atoms with Crippen molar-refractivity contribution < 1.29 is 9.36 Å². The Kier molecular flexibility index (Phi) is 6.59. The molecule has 2 aliphatic rings. The molecular formula is C25H24N5O2S3+. The number of hydrogen-bond donors (Lipinski definition) is 0. The topological polar surface area (TPSA) is 61.8 Å². The van der Waals surface area contributed by atoms with E-state index in [2.05, 4.69) is 0 Å². The fraction of sp³-hybridized carbons (Fsp3) is 0.200. The third-order valence-corrected chi connectivity index (χ3v) is 8.93. The van der Waals surface area contributed by atoms with Gasteiger partial charge in [0.05, 0.1) is 19.3 Å². The number of hydrogen-bond acceptors (Lipinski definition) is 7. The minimum atomic E-state index is -0.135. The summed E-state index contributed by atoms with van der Waals surface area (Å²) in [6.07, 6.45) is 9.63. The number of nitrogens with zero attached hydrogens (tertiary/aromatic N) is 5. The van der Waals surface area contributed by atoms with Gasteiger partial charge in [0.2, 0.25) is 0 Å². The molecular weight excluding hydrogens is 499 g/mol. The number of aryl methyl sites for hydroxylation is 1. The number of aromatic nitrogens is 2. The van der Waals surface area contributed by atoms with Gasteiger partial charge in [0.15, 0.2) is 0 Å². The monoisotopic (exact) mass is 522 g/mol. The van der Waals surface area contributed by atoms with E-state index in [9.17, 15) is 9.59 Å². The number of aliphatic imine (C=N–C) groups is 1. The first kappa shape index (κ1) is 23.5. The van der Waals surface area contributed by atoms with E-state index in [4.69, 9.17) is 4.99 Å². The van der Waals surface area contributed by atoms with Crippen LogP contribution in [0.4, 0.5) is 5.13 Å². The highest BCUT2D eigenvalue weighted by molar-refractivity contribution is 8.23. The molecule has 1 aromatic carbocycles. The van der Waals surface area contributed by atoms with Crippen LogP contribution in [-0.4, -0.2) is 32.5 Å².